The number of hydrogen-bond donors (Lipinski definition) is 0. The van der Waals surface area contributed by atoms with E-state index < -0.39 is 0 Å². The summed E-state index contributed by atoms with van der Waals surface area (Å²) in [6, 6.07) is 12.7. The fraction of sp³-hybridized carbons (Fsp3) is 0.375. The third-order valence-electron chi connectivity index (χ3n) is 5.86. The van der Waals surface area contributed by atoms with Crippen molar-refractivity contribution in [1.82, 2.24) is 9.88 Å². The van der Waals surface area contributed by atoms with Crippen molar-refractivity contribution in [3.8, 4) is 33.6 Å². The smallest absolute Gasteiger partial charge is 0.161 e. The second-order valence-corrected chi connectivity index (χ2v) is 8.60. The van der Waals surface area contributed by atoms with Crippen molar-refractivity contribution in [2.45, 2.75) is 25.4 Å². The van der Waals surface area contributed by atoms with Crippen LogP contribution in [0.2, 0.25) is 0 Å². The molecule has 2 aliphatic rings. The Labute approximate surface area is 186 Å². The molecule has 6 nitrogen and oxygen atoms in total. The van der Waals surface area contributed by atoms with Gasteiger partial charge in [0.2, 0.25) is 0 Å². The van der Waals surface area contributed by atoms with E-state index in [4.69, 9.17) is 23.9 Å². The van der Waals surface area contributed by atoms with Gasteiger partial charge in [0.1, 0.15) is 18.2 Å². The second kappa shape index (κ2) is 8.77. The molecule has 162 valence electrons. The van der Waals surface area contributed by atoms with Gasteiger partial charge in [0.05, 0.1) is 19.9 Å². The zero-order chi connectivity index (χ0) is 21.2. The van der Waals surface area contributed by atoms with Gasteiger partial charge in [-0.25, -0.2) is 4.98 Å². The quantitative estimate of drug-likeness (QED) is 0.544. The lowest BCUT2D eigenvalue weighted by atomic mass is 10.0. The molecule has 5 rings (SSSR count). The van der Waals surface area contributed by atoms with Gasteiger partial charge in [0.15, 0.2) is 23.0 Å². The van der Waals surface area contributed by atoms with Gasteiger partial charge in [-0.05, 0) is 55.3 Å². The number of aromatic nitrogens is 1. The van der Waals surface area contributed by atoms with Crippen LogP contribution in [0.15, 0.2) is 41.8 Å². The van der Waals surface area contributed by atoms with E-state index in [0.29, 0.717) is 19.3 Å². The lowest BCUT2D eigenvalue weighted by Crippen LogP contribution is -2.23. The van der Waals surface area contributed by atoms with Crippen LogP contribution in [0.5, 0.6) is 23.0 Å². The van der Waals surface area contributed by atoms with Gasteiger partial charge >= 0.3 is 0 Å². The molecule has 3 aromatic rings. The van der Waals surface area contributed by atoms with Crippen LogP contribution in [0.1, 0.15) is 30.1 Å². The Morgan fingerprint density at radius 3 is 2.71 bits per heavy atom. The first kappa shape index (κ1) is 20.2. The minimum Gasteiger partial charge on any atom is -0.493 e. The van der Waals surface area contributed by atoms with Gasteiger partial charge in [-0.3, -0.25) is 4.90 Å². The summed E-state index contributed by atoms with van der Waals surface area (Å²) < 4.78 is 22.3. The average Bonchev–Trinajstić information content (AvgIpc) is 3.48. The first-order valence-corrected chi connectivity index (χ1v) is 11.4. The van der Waals surface area contributed by atoms with Crippen LogP contribution in [0.25, 0.3) is 10.6 Å². The molecule has 0 N–H and O–H groups in total. The molecule has 31 heavy (non-hydrogen) atoms. The number of methoxy groups -OCH3 is 2. The highest BCUT2D eigenvalue weighted by atomic mass is 32.1. The van der Waals surface area contributed by atoms with Crippen molar-refractivity contribution in [2.75, 3.05) is 34.0 Å². The van der Waals surface area contributed by atoms with Gasteiger partial charge in [-0.2, -0.15) is 0 Å². The molecule has 2 aromatic carbocycles. The molecule has 7 heteroatoms. The number of thiazole rings is 1. The van der Waals surface area contributed by atoms with Crippen LogP contribution in [-0.2, 0) is 6.54 Å². The molecule has 2 aliphatic heterocycles. The molecule has 0 spiro atoms. The third kappa shape index (κ3) is 4.07. The topological polar surface area (TPSA) is 53.1 Å². The van der Waals surface area contributed by atoms with Gasteiger partial charge < -0.3 is 18.9 Å². The predicted octanol–water partition coefficient (Wildman–Crippen LogP) is 4.94. The summed E-state index contributed by atoms with van der Waals surface area (Å²) >= 11 is 1.66. The van der Waals surface area contributed by atoms with Crippen molar-refractivity contribution >= 4 is 11.3 Å². The lowest BCUT2D eigenvalue weighted by Gasteiger charge is -2.26. The molecule has 1 fully saturated rings. The van der Waals surface area contributed by atoms with E-state index in [2.05, 4.69) is 22.4 Å². The Kier molecular flexibility index (Phi) is 5.70. The maximum absolute atomic E-state index is 5.79. The normalized spacial score (nSPS) is 18.2. The molecular formula is C24H26N2O4S. The summed E-state index contributed by atoms with van der Waals surface area (Å²) in [5, 5.41) is 3.15. The number of fused-ring (bicyclic) bond motifs is 1. The first-order chi connectivity index (χ1) is 15.2. The fourth-order valence-corrected chi connectivity index (χ4v) is 5.16. The number of rotatable bonds is 6. The number of hydrogen-bond acceptors (Lipinski definition) is 7. The number of nitrogens with zero attached hydrogens (tertiary/aromatic N) is 2. The zero-order valence-electron chi connectivity index (χ0n) is 17.8. The van der Waals surface area contributed by atoms with Crippen molar-refractivity contribution < 1.29 is 18.9 Å². The van der Waals surface area contributed by atoms with Crippen molar-refractivity contribution in [3.63, 3.8) is 0 Å². The van der Waals surface area contributed by atoms with Gasteiger partial charge in [0.25, 0.3) is 0 Å². The van der Waals surface area contributed by atoms with E-state index in [0.717, 1.165) is 58.8 Å². The number of ether oxygens (including phenoxy) is 4. The summed E-state index contributed by atoms with van der Waals surface area (Å²) in [4.78, 5) is 7.42. The number of likely N-dealkylation sites (tertiary alicyclic amines) is 1. The molecule has 0 unspecified atom stereocenters. The fourth-order valence-electron chi connectivity index (χ4n) is 4.35. The summed E-state index contributed by atoms with van der Waals surface area (Å²) in [6.07, 6.45) is 2.33. The summed E-state index contributed by atoms with van der Waals surface area (Å²) in [6.45, 7) is 3.14. The minimum absolute atomic E-state index is 0.377. The highest BCUT2D eigenvalue weighted by Gasteiger charge is 2.28. The molecule has 1 atom stereocenters. The maximum atomic E-state index is 5.79. The maximum Gasteiger partial charge on any atom is 0.161 e. The van der Waals surface area contributed by atoms with E-state index in [9.17, 15) is 0 Å². The Hall–Kier alpha value is -2.77. The molecule has 1 saturated heterocycles. The highest BCUT2D eigenvalue weighted by Crippen LogP contribution is 2.39. The van der Waals surface area contributed by atoms with Crippen LogP contribution in [0.3, 0.4) is 0 Å². The summed E-state index contributed by atoms with van der Waals surface area (Å²) in [5.41, 5.74) is 3.43. The minimum atomic E-state index is 0.377. The SMILES string of the molecule is COc1ccc(-c2nc(CN3CCC[C@@H]3c3ccc4c(c3)OCCO4)cs2)cc1OC. The Balaban J connectivity index is 1.33. The summed E-state index contributed by atoms with van der Waals surface area (Å²) in [7, 11) is 3.30. The van der Waals surface area contributed by atoms with Crippen LogP contribution in [-0.4, -0.2) is 43.9 Å². The van der Waals surface area contributed by atoms with Crippen LogP contribution in [0, 0.1) is 0 Å². The van der Waals surface area contributed by atoms with Crippen molar-refractivity contribution in [2.24, 2.45) is 0 Å². The molecule has 0 amide bonds. The van der Waals surface area contributed by atoms with Crippen LogP contribution in [0.4, 0.5) is 0 Å². The standard InChI is InChI=1S/C24H26N2O4S/c1-27-20-7-6-17(13-22(20)28-2)24-25-18(15-31-24)14-26-9-3-4-19(26)16-5-8-21-23(12-16)30-11-10-29-21/h5-8,12-13,15,19H,3-4,9-11,14H2,1-2H3/t19-/m1/s1. The summed E-state index contributed by atoms with van der Waals surface area (Å²) in [5.74, 6) is 3.15. The monoisotopic (exact) mass is 438 g/mol. The van der Waals surface area contributed by atoms with Gasteiger partial charge in [0, 0.05) is 23.5 Å². The Bertz CT molecular complexity index is 1070. The van der Waals surface area contributed by atoms with Crippen LogP contribution >= 0.6 is 11.3 Å². The molecule has 0 aliphatic carbocycles. The van der Waals surface area contributed by atoms with E-state index >= 15 is 0 Å². The molecular weight excluding hydrogens is 412 g/mol. The van der Waals surface area contributed by atoms with E-state index in [1.165, 1.54) is 12.0 Å². The van der Waals surface area contributed by atoms with Crippen molar-refractivity contribution in [3.05, 3.63) is 53.0 Å². The molecule has 0 radical (unpaired) electrons. The van der Waals surface area contributed by atoms with E-state index in [1.807, 2.05) is 24.3 Å². The molecule has 0 bridgehead atoms. The lowest BCUT2D eigenvalue weighted by molar-refractivity contribution is 0.170. The average molecular weight is 439 g/mol. The zero-order valence-corrected chi connectivity index (χ0v) is 18.6. The van der Waals surface area contributed by atoms with Crippen molar-refractivity contribution in [1.29, 1.82) is 0 Å². The van der Waals surface area contributed by atoms with E-state index in [-0.39, 0.29) is 0 Å². The molecule has 3 heterocycles. The van der Waals surface area contributed by atoms with Gasteiger partial charge in [-0.1, -0.05) is 6.07 Å². The highest BCUT2D eigenvalue weighted by molar-refractivity contribution is 7.13. The largest absolute Gasteiger partial charge is 0.493 e. The second-order valence-electron chi connectivity index (χ2n) is 7.75. The van der Waals surface area contributed by atoms with E-state index in [1.54, 1.807) is 25.6 Å². The van der Waals surface area contributed by atoms with Gasteiger partial charge in [-0.15, -0.1) is 11.3 Å². The Morgan fingerprint density at radius 2 is 1.87 bits per heavy atom. The number of benzene rings is 2. The predicted molar refractivity (Wildman–Crippen MR) is 120 cm³/mol. The first-order valence-electron chi connectivity index (χ1n) is 10.6. The molecule has 1 aromatic heterocycles. The Morgan fingerprint density at radius 1 is 1.03 bits per heavy atom. The van der Waals surface area contributed by atoms with Crippen LogP contribution < -0.4 is 18.9 Å². The third-order valence-corrected chi connectivity index (χ3v) is 6.80. The molecule has 0 saturated carbocycles.